The van der Waals surface area contributed by atoms with E-state index < -0.39 is 0 Å². The molecule has 1 unspecified atom stereocenters. The lowest BCUT2D eigenvalue weighted by Crippen LogP contribution is -2.13. The average Bonchev–Trinajstić information content (AvgIpc) is 2.73. The molecule has 18 heavy (non-hydrogen) atoms. The van der Waals surface area contributed by atoms with Crippen molar-refractivity contribution in [2.45, 2.75) is 33.3 Å². The van der Waals surface area contributed by atoms with Gasteiger partial charge >= 0.3 is 0 Å². The second kappa shape index (κ2) is 5.20. The summed E-state index contributed by atoms with van der Waals surface area (Å²) in [6.45, 7) is 6.30. The van der Waals surface area contributed by atoms with Gasteiger partial charge in [-0.15, -0.1) is 11.3 Å². The second-order valence-electron chi connectivity index (χ2n) is 4.65. The maximum absolute atomic E-state index is 6.02. The van der Waals surface area contributed by atoms with Crippen LogP contribution < -0.4 is 5.73 Å². The third-order valence-electron chi connectivity index (χ3n) is 2.95. The molecule has 2 heterocycles. The van der Waals surface area contributed by atoms with Crippen LogP contribution in [0.1, 0.15) is 37.6 Å². The summed E-state index contributed by atoms with van der Waals surface area (Å²) in [5.74, 6) is 1.55. The van der Waals surface area contributed by atoms with E-state index in [9.17, 15) is 0 Å². The molecular formula is C13H19N3OS. The Bertz CT molecular complexity index is 550. The quantitative estimate of drug-likeness (QED) is 0.922. The van der Waals surface area contributed by atoms with Gasteiger partial charge in [0.2, 0.25) is 0 Å². The molecule has 0 radical (unpaired) electrons. The van der Waals surface area contributed by atoms with E-state index in [1.807, 2.05) is 0 Å². The number of fused-ring (bicyclic) bond motifs is 1. The van der Waals surface area contributed by atoms with Crippen LogP contribution in [0.5, 0.6) is 0 Å². The molecule has 0 fully saturated rings. The van der Waals surface area contributed by atoms with Gasteiger partial charge in [0.1, 0.15) is 16.8 Å². The van der Waals surface area contributed by atoms with Gasteiger partial charge in [0.05, 0.1) is 5.39 Å². The van der Waals surface area contributed by atoms with Crippen molar-refractivity contribution in [1.82, 2.24) is 9.97 Å². The Hall–Kier alpha value is -1.20. The van der Waals surface area contributed by atoms with Gasteiger partial charge in [-0.2, -0.15) is 0 Å². The van der Waals surface area contributed by atoms with Gasteiger partial charge < -0.3 is 10.5 Å². The number of thiophene rings is 1. The van der Waals surface area contributed by atoms with E-state index in [4.69, 9.17) is 10.5 Å². The van der Waals surface area contributed by atoms with Crippen molar-refractivity contribution >= 4 is 27.4 Å². The summed E-state index contributed by atoms with van der Waals surface area (Å²) in [6.07, 6.45) is 0.886. The number of hydrogen-bond donors (Lipinski definition) is 1. The summed E-state index contributed by atoms with van der Waals surface area (Å²) in [6, 6.07) is 2.08. The van der Waals surface area contributed by atoms with Crippen LogP contribution in [-0.2, 0) is 11.2 Å². The van der Waals surface area contributed by atoms with Crippen LogP contribution in [0.2, 0.25) is 0 Å². The maximum atomic E-state index is 6.02. The molecule has 4 nitrogen and oxygen atoms in total. The number of aromatic nitrogens is 2. The number of methoxy groups -OCH3 is 1. The molecule has 2 aromatic heterocycles. The Morgan fingerprint density at radius 1 is 1.39 bits per heavy atom. The first-order valence-corrected chi connectivity index (χ1v) is 6.97. The Balaban J connectivity index is 2.53. The Morgan fingerprint density at radius 2 is 2.11 bits per heavy atom. The highest BCUT2D eigenvalue weighted by Crippen LogP contribution is 2.31. The first-order valence-electron chi connectivity index (χ1n) is 6.15. The standard InChI is InChI=1S/C13H19N3OS/c1-5-8-6-9-11(14)15-12(16-13(9)18-8)10(17-4)7(2)3/h6-7,10H,5H2,1-4H3,(H2,14,15,16). The van der Waals surface area contributed by atoms with Crippen LogP contribution in [0.25, 0.3) is 10.2 Å². The minimum Gasteiger partial charge on any atom is -0.383 e. The molecule has 0 saturated heterocycles. The summed E-state index contributed by atoms with van der Waals surface area (Å²) in [7, 11) is 1.68. The molecule has 2 N–H and O–H groups in total. The average molecular weight is 265 g/mol. The molecule has 5 heteroatoms. The lowest BCUT2D eigenvalue weighted by molar-refractivity contribution is 0.0579. The Morgan fingerprint density at radius 3 is 2.67 bits per heavy atom. The number of ether oxygens (including phenoxy) is 1. The number of anilines is 1. The molecule has 0 amide bonds. The van der Waals surface area contributed by atoms with Crippen molar-refractivity contribution in [3.8, 4) is 0 Å². The monoisotopic (exact) mass is 265 g/mol. The largest absolute Gasteiger partial charge is 0.383 e. The van der Waals surface area contributed by atoms with Crippen LogP contribution in [0.4, 0.5) is 5.82 Å². The van der Waals surface area contributed by atoms with Crippen LogP contribution in [-0.4, -0.2) is 17.1 Å². The van der Waals surface area contributed by atoms with Crippen LogP contribution in [0.15, 0.2) is 6.07 Å². The zero-order valence-corrected chi connectivity index (χ0v) is 12.0. The predicted molar refractivity (Wildman–Crippen MR) is 75.8 cm³/mol. The van der Waals surface area contributed by atoms with Gasteiger partial charge in [-0.1, -0.05) is 20.8 Å². The van der Waals surface area contributed by atoms with Gasteiger partial charge in [0, 0.05) is 12.0 Å². The first-order chi connectivity index (χ1) is 8.56. The number of nitrogens with zero attached hydrogens (tertiary/aromatic N) is 2. The van der Waals surface area contributed by atoms with Gasteiger partial charge in [-0.05, 0) is 18.4 Å². The van der Waals surface area contributed by atoms with Crippen molar-refractivity contribution in [2.75, 3.05) is 12.8 Å². The third-order valence-corrected chi connectivity index (χ3v) is 4.13. The topological polar surface area (TPSA) is 61.0 Å². The minimum atomic E-state index is -0.108. The van der Waals surface area contributed by atoms with E-state index in [2.05, 4.69) is 36.8 Å². The van der Waals surface area contributed by atoms with Crippen LogP contribution >= 0.6 is 11.3 Å². The van der Waals surface area contributed by atoms with Gasteiger partial charge in [-0.25, -0.2) is 9.97 Å². The highest BCUT2D eigenvalue weighted by atomic mass is 32.1. The molecule has 0 aliphatic carbocycles. The zero-order chi connectivity index (χ0) is 13.3. The number of hydrogen-bond acceptors (Lipinski definition) is 5. The van der Waals surface area contributed by atoms with E-state index in [1.165, 1.54) is 4.88 Å². The molecule has 0 saturated carbocycles. The highest BCUT2D eigenvalue weighted by Gasteiger charge is 2.20. The maximum Gasteiger partial charge on any atom is 0.161 e. The third kappa shape index (κ3) is 2.33. The van der Waals surface area contributed by atoms with Crippen molar-refractivity contribution in [3.05, 3.63) is 16.8 Å². The van der Waals surface area contributed by atoms with E-state index in [0.29, 0.717) is 17.6 Å². The number of aryl methyl sites for hydroxylation is 1. The van der Waals surface area contributed by atoms with Gasteiger partial charge in [0.25, 0.3) is 0 Å². The van der Waals surface area contributed by atoms with Gasteiger partial charge in [-0.3, -0.25) is 0 Å². The van der Waals surface area contributed by atoms with E-state index in [-0.39, 0.29) is 6.10 Å². The first kappa shape index (κ1) is 13.2. The summed E-state index contributed by atoms with van der Waals surface area (Å²) in [5.41, 5.74) is 6.02. The lowest BCUT2D eigenvalue weighted by Gasteiger charge is -2.17. The zero-order valence-electron chi connectivity index (χ0n) is 11.2. The number of nitrogen functional groups attached to an aromatic ring is 1. The Labute approximate surface area is 111 Å². The molecular weight excluding hydrogens is 246 g/mol. The molecule has 2 rings (SSSR count). The summed E-state index contributed by atoms with van der Waals surface area (Å²) in [5, 5.41) is 0.958. The fourth-order valence-corrected chi connectivity index (χ4v) is 2.97. The van der Waals surface area contributed by atoms with Gasteiger partial charge in [0.15, 0.2) is 5.82 Å². The summed E-state index contributed by atoms with van der Waals surface area (Å²) in [4.78, 5) is 11.2. The molecule has 0 aromatic carbocycles. The fourth-order valence-electron chi connectivity index (χ4n) is 1.99. The fraction of sp³-hybridized carbons (Fsp3) is 0.538. The summed E-state index contributed by atoms with van der Waals surface area (Å²) >= 11 is 1.68. The molecule has 2 aromatic rings. The minimum absolute atomic E-state index is 0.108. The molecule has 1 atom stereocenters. The van der Waals surface area contributed by atoms with Crippen molar-refractivity contribution in [3.63, 3.8) is 0 Å². The Kier molecular flexibility index (Phi) is 3.82. The van der Waals surface area contributed by atoms with E-state index in [1.54, 1.807) is 18.4 Å². The van der Waals surface area contributed by atoms with Crippen LogP contribution in [0, 0.1) is 5.92 Å². The lowest BCUT2D eigenvalue weighted by atomic mass is 10.1. The molecule has 98 valence electrons. The normalized spacial score (nSPS) is 13.4. The van der Waals surface area contributed by atoms with E-state index >= 15 is 0 Å². The van der Waals surface area contributed by atoms with Crippen molar-refractivity contribution < 1.29 is 4.74 Å². The molecule has 0 spiro atoms. The number of nitrogens with two attached hydrogens (primary N) is 1. The highest BCUT2D eigenvalue weighted by molar-refractivity contribution is 7.18. The number of rotatable bonds is 4. The molecule has 0 aliphatic rings. The van der Waals surface area contributed by atoms with Crippen molar-refractivity contribution in [2.24, 2.45) is 5.92 Å². The molecule has 0 aliphatic heterocycles. The predicted octanol–water partition coefficient (Wildman–Crippen LogP) is 3.18. The SMILES string of the molecule is CCc1cc2c(N)nc(C(OC)C(C)C)nc2s1. The van der Waals surface area contributed by atoms with E-state index in [0.717, 1.165) is 16.6 Å². The van der Waals surface area contributed by atoms with Crippen LogP contribution in [0.3, 0.4) is 0 Å². The second-order valence-corrected chi connectivity index (χ2v) is 5.77. The summed E-state index contributed by atoms with van der Waals surface area (Å²) < 4.78 is 5.46. The molecule has 0 bridgehead atoms. The smallest absolute Gasteiger partial charge is 0.161 e. The van der Waals surface area contributed by atoms with Crippen molar-refractivity contribution in [1.29, 1.82) is 0 Å².